The van der Waals surface area contributed by atoms with Gasteiger partial charge < -0.3 is 61.2 Å². The molecule has 10 N–H and O–H groups in total. The zero-order valence-electron chi connectivity index (χ0n) is 33.7. The molecule has 0 saturated carbocycles. The van der Waals surface area contributed by atoms with Crippen LogP contribution in [0.5, 0.6) is 5.75 Å². The maximum absolute atomic E-state index is 13.4. The molecule has 2 saturated heterocycles. The molecule has 4 aromatic rings. The Hall–Kier alpha value is -6.45. The van der Waals surface area contributed by atoms with E-state index in [1.54, 1.807) is 53.7 Å². The Morgan fingerprint density at radius 3 is 2.34 bits per heavy atom. The summed E-state index contributed by atoms with van der Waals surface area (Å²) in [6.45, 7) is 2.83. The highest BCUT2D eigenvalue weighted by molar-refractivity contribution is 5.97. The van der Waals surface area contributed by atoms with E-state index in [9.17, 15) is 49.2 Å². The van der Waals surface area contributed by atoms with Crippen molar-refractivity contribution in [3.05, 3.63) is 98.6 Å². The molecule has 3 aromatic carbocycles. The lowest BCUT2D eigenvalue weighted by atomic mass is 9.91. The number of rotatable bonds is 17. The molecule has 2 fully saturated rings. The van der Waals surface area contributed by atoms with Gasteiger partial charge in [-0.3, -0.25) is 29.5 Å². The Labute approximate surface area is 354 Å². The fourth-order valence-electron chi connectivity index (χ4n) is 7.06. The van der Waals surface area contributed by atoms with E-state index in [4.69, 9.17) is 19.9 Å². The second-order valence-corrected chi connectivity index (χ2v) is 15.2. The summed E-state index contributed by atoms with van der Waals surface area (Å²) in [5.74, 6) is -2.10. The minimum atomic E-state index is -1.94. The number of aliphatic hydroxyl groups excluding tert-OH is 3. The van der Waals surface area contributed by atoms with Crippen LogP contribution >= 0.6 is 0 Å². The summed E-state index contributed by atoms with van der Waals surface area (Å²) in [5.41, 5.74) is 6.91. The van der Waals surface area contributed by atoms with Crippen LogP contribution in [0.25, 0.3) is 0 Å². The van der Waals surface area contributed by atoms with Gasteiger partial charge in [0.25, 0.3) is 16.8 Å². The number of likely N-dealkylation sites (tertiary alicyclic amines) is 1. The van der Waals surface area contributed by atoms with E-state index < -0.39 is 65.6 Å². The van der Waals surface area contributed by atoms with Crippen LogP contribution in [0, 0.1) is 5.92 Å². The van der Waals surface area contributed by atoms with Gasteiger partial charge in [0.15, 0.2) is 6.10 Å². The highest BCUT2D eigenvalue weighted by atomic mass is 16.7. The third kappa shape index (κ3) is 11.1. The van der Waals surface area contributed by atoms with Gasteiger partial charge in [-0.2, -0.15) is 0 Å². The number of nitrogens with zero attached hydrogens (tertiary/aromatic N) is 2. The summed E-state index contributed by atoms with van der Waals surface area (Å²) in [4.78, 5) is 80.2. The van der Waals surface area contributed by atoms with Gasteiger partial charge in [-0.1, -0.05) is 25.0 Å². The SMILES string of the molecule is CC(N)C(=O)Nc1cc(COC(=O)Nc2cccc(C(=O)N3CCC(CCCCNc4c(Nc5ccncc5)c(=O)c4=O)CC3)c2)ccc1O[C@@H]1O[C@H](C(=O)O)[C@@H](O)[C@H](O)[C@H]1O. The molecule has 1 unspecified atom stereocenters. The van der Waals surface area contributed by atoms with Gasteiger partial charge in [-0.25, -0.2) is 9.59 Å². The Kier molecular flexibility index (Phi) is 14.8. The number of hydrogen-bond donors (Lipinski definition) is 9. The number of nitrogens with one attached hydrogen (secondary N) is 4. The molecule has 2 aliphatic heterocycles. The standard InChI is InChI=1S/C42H49N7O13/c1-22(43)38(55)48-28-19-24(8-9-29(28)61-41-36(54)34(52)35(53)37(62-41)40(57)58)21-60-42(59)47-27-7-4-6-25(20-27)39(56)49-17-12-23(13-18-49)5-2-3-14-45-30-31(33(51)32(30)50)46-26-10-15-44-16-11-26/h4,6-11,15-16,19-20,22-23,34-37,41,45,52-54H,2-3,5,12-14,17-18,21,43H2,1H3,(H,44,46)(H,47,59)(H,48,55)(H,57,58)/t22?,34-,35-,36+,37-,41+/m0/s1. The molecule has 0 spiro atoms. The highest BCUT2D eigenvalue weighted by Gasteiger charge is 2.48. The predicted molar refractivity (Wildman–Crippen MR) is 224 cm³/mol. The number of unbranched alkanes of at least 4 members (excludes halogenated alkanes) is 1. The second-order valence-electron chi connectivity index (χ2n) is 15.2. The van der Waals surface area contributed by atoms with E-state index in [2.05, 4.69) is 26.3 Å². The number of anilines is 5. The molecule has 6 atom stereocenters. The smallest absolute Gasteiger partial charge is 0.411 e. The summed E-state index contributed by atoms with van der Waals surface area (Å²) < 4.78 is 16.2. The average molecular weight is 860 g/mol. The van der Waals surface area contributed by atoms with Gasteiger partial charge in [0, 0.05) is 49.0 Å². The number of amides is 3. The first-order valence-electron chi connectivity index (χ1n) is 20.1. The van der Waals surface area contributed by atoms with Crippen LogP contribution in [0.4, 0.5) is 33.2 Å². The molecule has 3 heterocycles. The van der Waals surface area contributed by atoms with Crippen LogP contribution in [0.15, 0.2) is 76.6 Å². The van der Waals surface area contributed by atoms with Crippen molar-refractivity contribution in [2.75, 3.05) is 40.9 Å². The number of aliphatic carboxylic acids is 1. The lowest BCUT2D eigenvalue weighted by Gasteiger charge is -2.38. The Balaban J connectivity index is 0.952. The van der Waals surface area contributed by atoms with E-state index in [1.165, 1.54) is 25.1 Å². The van der Waals surface area contributed by atoms with Crippen molar-refractivity contribution in [2.45, 2.75) is 82.4 Å². The van der Waals surface area contributed by atoms with Crippen LogP contribution in [-0.4, -0.2) is 111 Å². The molecule has 20 nitrogen and oxygen atoms in total. The van der Waals surface area contributed by atoms with Gasteiger partial charge in [0.05, 0.1) is 11.7 Å². The largest absolute Gasteiger partial charge is 0.479 e. The van der Waals surface area contributed by atoms with E-state index in [1.807, 2.05) is 0 Å². The molecule has 6 rings (SSSR count). The topological polar surface area (TPSA) is 301 Å². The summed E-state index contributed by atoms with van der Waals surface area (Å²) in [6.07, 6.45) is -2.71. The number of aliphatic hydroxyl groups is 3. The van der Waals surface area contributed by atoms with Crippen LogP contribution in [0.3, 0.4) is 0 Å². The highest BCUT2D eigenvalue weighted by Crippen LogP contribution is 2.32. The number of aromatic nitrogens is 1. The molecule has 330 valence electrons. The fraction of sp³-hybridized carbons (Fsp3) is 0.405. The number of benzene rings is 2. The van der Waals surface area contributed by atoms with E-state index in [-0.39, 0.29) is 29.6 Å². The van der Waals surface area contributed by atoms with Crippen molar-refractivity contribution >= 4 is 52.3 Å². The van der Waals surface area contributed by atoms with Crippen LogP contribution < -0.4 is 42.6 Å². The molecule has 3 amide bonds. The zero-order chi connectivity index (χ0) is 44.5. The van der Waals surface area contributed by atoms with E-state index >= 15 is 0 Å². The molecular formula is C42H49N7O13. The van der Waals surface area contributed by atoms with Crippen LogP contribution in [0.2, 0.25) is 0 Å². The number of carbonyl (C=O) groups is 4. The number of nitrogens with two attached hydrogens (primary N) is 1. The summed E-state index contributed by atoms with van der Waals surface area (Å²) in [6, 6.07) is 13.1. The van der Waals surface area contributed by atoms with Gasteiger partial charge in [-0.15, -0.1) is 0 Å². The van der Waals surface area contributed by atoms with Crippen molar-refractivity contribution in [1.82, 2.24) is 9.88 Å². The monoisotopic (exact) mass is 859 g/mol. The second kappa shape index (κ2) is 20.4. The number of carbonyl (C=O) groups excluding carboxylic acids is 3. The molecule has 20 heteroatoms. The lowest BCUT2D eigenvalue weighted by molar-refractivity contribution is -0.271. The molecule has 2 aliphatic rings. The number of pyridine rings is 1. The normalized spacial score (nSPS) is 20.8. The number of piperidine rings is 1. The van der Waals surface area contributed by atoms with Gasteiger partial charge in [0.1, 0.15) is 42.0 Å². The average Bonchev–Trinajstić information content (AvgIpc) is 3.27. The number of hydrogen-bond acceptors (Lipinski definition) is 16. The molecule has 62 heavy (non-hydrogen) atoms. The minimum absolute atomic E-state index is 0.00910. The Morgan fingerprint density at radius 2 is 1.63 bits per heavy atom. The number of carboxylic acids is 1. The first-order chi connectivity index (χ1) is 29.7. The number of carboxylic acid groups (broad SMARTS) is 1. The summed E-state index contributed by atoms with van der Waals surface area (Å²) in [5, 5.41) is 51.2. The van der Waals surface area contributed by atoms with Crippen molar-refractivity contribution in [3.8, 4) is 5.75 Å². The van der Waals surface area contributed by atoms with Crippen molar-refractivity contribution in [2.24, 2.45) is 11.7 Å². The molecular weight excluding hydrogens is 810 g/mol. The Bertz CT molecular complexity index is 2290. The third-order valence-electron chi connectivity index (χ3n) is 10.6. The van der Waals surface area contributed by atoms with Crippen molar-refractivity contribution in [1.29, 1.82) is 0 Å². The lowest BCUT2D eigenvalue weighted by Crippen LogP contribution is -2.61. The first kappa shape index (κ1) is 45.1. The van der Waals surface area contributed by atoms with E-state index in [0.717, 1.165) is 32.1 Å². The Morgan fingerprint density at radius 1 is 0.903 bits per heavy atom. The molecule has 0 radical (unpaired) electrons. The van der Waals surface area contributed by atoms with Crippen molar-refractivity contribution in [3.63, 3.8) is 0 Å². The maximum atomic E-state index is 13.4. The van der Waals surface area contributed by atoms with Gasteiger partial charge in [0.2, 0.25) is 12.2 Å². The maximum Gasteiger partial charge on any atom is 0.411 e. The fourth-order valence-corrected chi connectivity index (χ4v) is 7.06. The zero-order valence-corrected chi connectivity index (χ0v) is 33.7. The molecule has 0 aliphatic carbocycles. The number of ether oxygens (including phenoxy) is 3. The first-order valence-corrected chi connectivity index (χ1v) is 20.1. The van der Waals surface area contributed by atoms with Crippen LogP contribution in [-0.2, 0) is 25.7 Å². The third-order valence-corrected chi connectivity index (χ3v) is 10.6. The van der Waals surface area contributed by atoms with Crippen LogP contribution in [0.1, 0.15) is 54.9 Å². The molecule has 1 aromatic heterocycles. The van der Waals surface area contributed by atoms with E-state index in [0.29, 0.717) is 53.7 Å². The van der Waals surface area contributed by atoms with Gasteiger partial charge in [-0.05, 0) is 80.1 Å². The predicted octanol–water partition coefficient (Wildman–Crippen LogP) is 1.86. The van der Waals surface area contributed by atoms with Gasteiger partial charge >= 0.3 is 12.1 Å². The molecule has 0 bridgehead atoms. The van der Waals surface area contributed by atoms with Crippen molar-refractivity contribution < 1.29 is 53.8 Å². The quantitative estimate of drug-likeness (QED) is 0.0541. The summed E-state index contributed by atoms with van der Waals surface area (Å²) >= 11 is 0. The summed E-state index contributed by atoms with van der Waals surface area (Å²) in [7, 11) is 0. The minimum Gasteiger partial charge on any atom is -0.479 e.